The summed E-state index contributed by atoms with van der Waals surface area (Å²) in [6.45, 7) is 1.62. The predicted octanol–water partition coefficient (Wildman–Crippen LogP) is 1.85. The molecule has 0 heterocycles. The molecule has 1 saturated carbocycles. The number of ether oxygens (including phenoxy) is 1. The van der Waals surface area contributed by atoms with Crippen LogP contribution in [0.4, 0.5) is 11.4 Å². The molecule has 9 nitrogen and oxygen atoms in total. The Kier molecular flexibility index (Phi) is 7.54. The highest BCUT2D eigenvalue weighted by molar-refractivity contribution is 5.97. The summed E-state index contributed by atoms with van der Waals surface area (Å²) in [6, 6.07) is 3.77. The first-order chi connectivity index (χ1) is 12.9. The summed E-state index contributed by atoms with van der Waals surface area (Å²) in [5, 5.41) is 25.5. The van der Waals surface area contributed by atoms with E-state index in [1.54, 1.807) is 0 Å². The largest absolute Gasteiger partial charge is 0.452 e. The van der Waals surface area contributed by atoms with E-state index in [4.69, 9.17) is 9.84 Å². The zero-order valence-electron chi connectivity index (χ0n) is 15.3. The van der Waals surface area contributed by atoms with Crippen molar-refractivity contribution in [2.45, 2.75) is 38.6 Å². The van der Waals surface area contributed by atoms with Gasteiger partial charge in [-0.05, 0) is 24.8 Å². The van der Waals surface area contributed by atoms with E-state index < -0.39 is 23.4 Å². The molecule has 1 amide bonds. The van der Waals surface area contributed by atoms with Gasteiger partial charge in [-0.2, -0.15) is 0 Å². The smallest absolute Gasteiger partial charge is 0.341 e. The molecule has 1 fully saturated rings. The fourth-order valence-corrected chi connectivity index (χ4v) is 3.15. The molecule has 3 N–H and O–H groups in total. The lowest BCUT2D eigenvalue weighted by atomic mass is 9.86. The van der Waals surface area contributed by atoms with Gasteiger partial charge in [0, 0.05) is 30.4 Å². The number of nitro benzene ring substituents is 1. The normalized spacial score (nSPS) is 19.2. The van der Waals surface area contributed by atoms with Gasteiger partial charge in [-0.1, -0.05) is 19.8 Å². The third-order valence-corrected chi connectivity index (χ3v) is 4.65. The SMILES string of the molecule is C[C@H]1CCCC[C@@H]1NC(=O)COC(=O)c1cc([N+](=O)[O-])ccc1NCCO. The van der Waals surface area contributed by atoms with Gasteiger partial charge in [0.25, 0.3) is 11.6 Å². The first-order valence-corrected chi connectivity index (χ1v) is 9.02. The van der Waals surface area contributed by atoms with Crippen LogP contribution >= 0.6 is 0 Å². The lowest BCUT2D eigenvalue weighted by Crippen LogP contribution is -2.42. The number of hydrogen-bond donors (Lipinski definition) is 3. The van der Waals surface area contributed by atoms with Gasteiger partial charge in [0.05, 0.1) is 17.1 Å². The Balaban J connectivity index is 1.99. The quantitative estimate of drug-likeness (QED) is 0.357. The van der Waals surface area contributed by atoms with Gasteiger partial charge in [0.15, 0.2) is 6.61 Å². The molecule has 0 saturated heterocycles. The molecule has 27 heavy (non-hydrogen) atoms. The summed E-state index contributed by atoms with van der Waals surface area (Å²) in [6.07, 6.45) is 4.17. The Morgan fingerprint density at radius 2 is 2.07 bits per heavy atom. The molecule has 0 spiro atoms. The first kappa shape index (κ1) is 20.6. The van der Waals surface area contributed by atoms with Crippen LogP contribution < -0.4 is 10.6 Å². The molecular weight excluding hydrogens is 354 g/mol. The number of rotatable bonds is 8. The number of hydrogen-bond acceptors (Lipinski definition) is 7. The minimum absolute atomic E-state index is 0.0588. The molecule has 1 aliphatic carbocycles. The van der Waals surface area contributed by atoms with Gasteiger partial charge >= 0.3 is 5.97 Å². The van der Waals surface area contributed by atoms with Gasteiger partial charge in [0.2, 0.25) is 0 Å². The summed E-state index contributed by atoms with van der Waals surface area (Å²) in [5.41, 5.74) is -0.0329. The number of benzene rings is 1. The zero-order valence-corrected chi connectivity index (χ0v) is 15.3. The van der Waals surface area contributed by atoms with Crippen LogP contribution in [0.3, 0.4) is 0 Å². The van der Waals surface area contributed by atoms with Crippen molar-refractivity contribution in [3.8, 4) is 0 Å². The molecule has 2 rings (SSSR count). The Hall–Kier alpha value is -2.68. The van der Waals surface area contributed by atoms with E-state index in [9.17, 15) is 19.7 Å². The van der Waals surface area contributed by atoms with Crippen LogP contribution in [0.2, 0.25) is 0 Å². The van der Waals surface area contributed by atoms with Crippen molar-refractivity contribution < 1.29 is 24.4 Å². The predicted molar refractivity (Wildman–Crippen MR) is 98.5 cm³/mol. The molecule has 2 atom stereocenters. The lowest BCUT2D eigenvalue weighted by Gasteiger charge is -2.29. The summed E-state index contributed by atoms with van der Waals surface area (Å²) >= 11 is 0. The molecule has 0 bridgehead atoms. The van der Waals surface area contributed by atoms with Crippen molar-refractivity contribution >= 4 is 23.3 Å². The first-order valence-electron chi connectivity index (χ1n) is 9.02. The Morgan fingerprint density at radius 1 is 1.33 bits per heavy atom. The van der Waals surface area contributed by atoms with Crippen LogP contribution in [0.15, 0.2) is 18.2 Å². The van der Waals surface area contributed by atoms with Gasteiger partial charge in [-0.25, -0.2) is 4.79 Å². The van der Waals surface area contributed by atoms with E-state index in [1.807, 2.05) is 0 Å². The number of carbonyl (C=O) groups is 2. The van der Waals surface area contributed by atoms with Crippen molar-refractivity contribution in [2.24, 2.45) is 5.92 Å². The van der Waals surface area contributed by atoms with Crippen molar-refractivity contribution in [2.75, 3.05) is 25.1 Å². The lowest BCUT2D eigenvalue weighted by molar-refractivity contribution is -0.384. The number of anilines is 1. The number of nitro groups is 1. The maximum absolute atomic E-state index is 12.3. The van der Waals surface area contributed by atoms with Gasteiger partial charge in [-0.3, -0.25) is 14.9 Å². The molecule has 9 heteroatoms. The molecule has 1 aromatic rings. The maximum Gasteiger partial charge on any atom is 0.341 e. The van der Waals surface area contributed by atoms with Crippen LogP contribution in [0.1, 0.15) is 43.0 Å². The maximum atomic E-state index is 12.3. The second-order valence-electron chi connectivity index (χ2n) is 6.65. The summed E-state index contributed by atoms with van der Waals surface area (Å²) < 4.78 is 5.05. The number of aliphatic hydroxyl groups is 1. The summed E-state index contributed by atoms with van der Waals surface area (Å²) in [4.78, 5) is 34.7. The molecule has 1 aliphatic rings. The number of nitrogens with one attached hydrogen (secondary N) is 2. The molecule has 0 aromatic heterocycles. The molecule has 1 aromatic carbocycles. The highest BCUT2D eigenvalue weighted by Crippen LogP contribution is 2.24. The van der Waals surface area contributed by atoms with Gasteiger partial charge in [0.1, 0.15) is 0 Å². The minimum Gasteiger partial charge on any atom is -0.452 e. The molecule has 0 aliphatic heterocycles. The number of aliphatic hydroxyl groups excluding tert-OH is 1. The average Bonchev–Trinajstić information content (AvgIpc) is 2.66. The van der Waals surface area contributed by atoms with Crippen molar-refractivity contribution in [3.05, 3.63) is 33.9 Å². The standard InChI is InChI=1S/C18H25N3O6/c1-12-4-2-3-5-15(12)20-17(23)11-27-18(24)14-10-13(21(25)26)6-7-16(14)19-8-9-22/h6-7,10,12,15,19,22H,2-5,8-9,11H2,1H3,(H,20,23)/t12-,15-/m0/s1. The summed E-state index contributed by atoms with van der Waals surface area (Å²) in [5.74, 6) is -0.854. The van der Waals surface area contributed by atoms with E-state index in [-0.39, 0.29) is 30.4 Å². The van der Waals surface area contributed by atoms with Crippen LogP contribution in [0, 0.1) is 16.0 Å². The van der Waals surface area contributed by atoms with E-state index in [2.05, 4.69) is 17.6 Å². The Morgan fingerprint density at radius 3 is 2.74 bits per heavy atom. The molecular formula is C18H25N3O6. The zero-order chi connectivity index (χ0) is 19.8. The second kappa shape index (κ2) is 9.86. The highest BCUT2D eigenvalue weighted by atomic mass is 16.6. The fraction of sp³-hybridized carbons (Fsp3) is 0.556. The topological polar surface area (TPSA) is 131 Å². The van der Waals surface area contributed by atoms with Crippen LogP contribution in [0.25, 0.3) is 0 Å². The van der Waals surface area contributed by atoms with Crippen molar-refractivity contribution in [1.82, 2.24) is 5.32 Å². The molecule has 0 radical (unpaired) electrons. The van der Waals surface area contributed by atoms with Gasteiger partial charge in [-0.15, -0.1) is 0 Å². The number of nitrogens with zero attached hydrogens (tertiary/aromatic N) is 1. The second-order valence-corrected chi connectivity index (χ2v) is 6.65. The minimum atomic E-state index is -0.842. The monoisotopic (exact) mass is 379 g/mol. The van der Waals surface area contributed by atoms with E-state index >= 15 is 0 Å². The Labute approximate surface area is 157 Å². The van der Waals surface area contributed by atoms with E-state index in [0.29, 0.717) is 11.6 Å². The van der Waals surface area contributed by atoms with Crippen LogP contribution in [-0.2, 0) is 9.53 Å². The average molecular weight is 379 g/mol. The summed E-state index contributed by atoms with van der Waals surface area (Å²) in [7, 11) is 0. The fourth-order valence-electron chi connectivity index (χ4n) is 3.15. The van der Waals surface area contributed by atoms with Crippen molar-refractivity contribution in [1.29, 1.82) is 0 Å². The number of esters is 1. The molecule has 148 valence electrons. The van der Waals surface area contributed by atoms with Crippen molar-refractivity contribution in [3.63, 3.8) is 0 Å². The highest BCUT2D eigenvalue weighted by Gasteiger charge is 2.24. The molecule has 0 unspecified atom stereocenters. The third-order valence-electron chi connectivity index (χ3n) is 4.65. The number of non-ortho nitro benzene ring substituents is 1. The Bertz CT molecular complexity index is 694. The van der Waals surface area contributed by atoms with Crippen LogP contribution in [-0.4, -0.2) is 47.7 Å². The number of amides is 1. The number of carbonyl (C=O) groups excluding carboxylic acids is 2. The van der Waals surface area contributed by atoms with E-state index in [0.717, 1.165) is 31.7 Å². The third kappa shape index (κ3) is 5.92. The van der Waals surface area contributed by atoms with E-state index in [1.165, 1.54) is 12.1 Å². The van der Waals surface area contributed by atoms with Crippen LogP contribution in [0.5, 0.6) is 0 Å². The van der Waals surface area contributed by atoms with Gasteiger partial charge < -0.3 is 20.5 Å².